The van der Waals surface area contributed by atoms with Crippen molar-refractivity contribution in [1.29, 1.82) is 0 Å². The SMILES string of the molecule is Cc1c(C2OCCC2CNC2CC2)cnn1C. The monoisotopic (exact) mass is 235 g/mol. The van der Waals surface area contributed by atoms with Gasteiger partial charge in [-0.3, -0.25) is 4.68 Å². The molecule has 3 rings (SSSR count). The molecule has 2 unspecified atom stereocenters. The van der Waals surface area contributed by atoms with Crippen LogP contribution in [0.3, 0.4) is 0 Å². The molecular weight excluding hydrogens is 214 g/mol. The van der Waals surface area contributed by atoms with Crippen molar-refractivity contribution in [3.63, 3.8) is 0 Å². The maximum absolute atomic E-state index is 5.91. The van der Waals surface area contributed by atoms with Crippen molar-refractivity contribution in [2.24, 2.45) is 13.0 Å². The molecule has 1 aromatic heterocycles. The van der Waals surface area contributed by atoms with Gasteiger partial charge in [0.2, 0.25) is 0 Å². The van der Waals surface area contributed by atoms with Crippen LogP contribution in [0.4, 0.5) is 0 Å². The van der Waals surface area contributed by atoms with E-state index in [1.807, 2.05) is 17.9 Å². The zero-order chi connectivity index (χ0) is 11.8. The molecule has 1 saturated heterocycles. The second-order valence-electron chi connectivity index (χ2n) is 5.33. The Hall–Kier alpha value is -0.870. The van der Waals surface area contributed by atoms with Crippen LogP contribution >= 0.6 is 0 Å². The zero-order valence-corrected chi connectivity index (χ0v) is 10.6. The molecule has 2 fully saturated rings. The Bertz CT molecular complexity index is 397. The van der Waals surface area contributed by atoms with Crippen LogP contribution in [0.1, 0.15) is 36.6 Å². The van der Waals surface area contributed by atoms with Crippen molar-refractivity contribution >= 4 is 0 Å². The lowest BCUT2D eigenvalue weighted by atomic mass is 9.95. The third-order valence-corrected chi connectivity index (χ3v) is 4.04. The second-order valence-corrected chi connectivity index (χ2v) is 5.33. The summed E-state index contributed by atoms with van der Waals surface area (Å²) in [6.07, 6.45) is 6.08. The van der Waals surface area contributed by atoms with Crippen molar-refractivity contribution in [2.75, 3.05) is 13.2 Å². The fourth-order valence-corrected chi connectivity index (χ4v) is 2.59. The lowest BCUT2D eigenvalue weighted by Crippen LogP contribution is -2.26. The van der Waals surface area contributed by atoms with Crippen molar-refractivity contribution in [3.05, 3.63) is 17.5 Å². The van der Waals surface area contributed by atoms with Crippen LogP contribution in [0.2, 0.25) is 0 Å². The van der Waals surface area contributed by atoms with Crippen molar-refractivity contribution < 1.29 is 4.74 Å². The van der Waals surface area contributed by atoms with Crippen LogP contribution < -0.4 is 5.32 Å². The van der Waals surface area contributed by atoms with E-state index in [1.54, 1.807) is 0 Å². The van der Waals surface area contributed by atoms with E-state index in [0.717, 1.165) is 19.2 Å². The number of nitrogens with zero attached hydrogens (tertiary/aromatic N) is 2. The molecule has 1 aromatic rings. The normalized spacial score (nSPS) is 28.8. The molecule has 4 heteroatoms. The average molecular weight is 235 g/mol. The summed E-state index contributed by atoms with van der Waals surface area (Å²) in [5.41, 5.74) is 2.50. The van der Waals surface area contributed by atoms with Crippen LogP contribution in [0.5, 0.6) is 0 Å². The summed E-state index contributed by atoms with van der Waals surface area (Å²) in [6.45, 7) is 4.09. The Balaban J connectivity index is 1.69. The maximum Gasteiger partial charge on any atom is 0.0899 e. The highest BCUT2D eigenvalue weighted by Gasteiger charge is 2.33. The quantitative estimate of drug-likeness (QED) is 0.860. The summed E-state index contributed by atoms with van der Waals surface area (Å²) in [5, 5.41) is 7.94. The minimum Gasteiger partial charge on any atom is -0.373 e. The molecule has 4 nitrogen and oxygen atoms in total. The van der Waals surface area contributed by atoms with E-state index in [4.69, 9.17) is 4.74 Å². The first-order valence-corrected chi connectivity index (χ1v) is 6.59. The molecule has 1 N–H and O–H groups in total. The topological polar surface area (TPSA) is 39.1 Å². The second kappa shape index (κ2) is 4.42. The Morgan fingerprint density at radius 3 is 2.94 bits per heavy atom. The van der Waals surface area contributed by atoms with Gasteiger partial charge in [0.05, 0.1) is 12.3 Å². The fraction of sp³-hybridized carbons (Fsp3) is 0.769. The van der Waals surface area contributed by atoms with Crippen LogP contribution in [-0.4, -0.2) is 29.0 Å². The molecule has 2 aliphatic rings. The third-order valence-electron chi connectivity index (χ3n) is 4.04. The summed E-state index contributed by atoms with van der Waals surface area (Å²) in [6, 6.07) is 0.784. The number of hydrogen-bond acceptors (Lipinski definition) is 3. The minimum absolute atomic E-state index is 0.245. The summed E-state index contributed by atoms with van der Waals surface area (Å²) < 4.78 is 7.84. The molecule has 0 aromatic carbocycles. The number of rotatable bonds is 4. The summed E-state index contributed by atoms with van der Waals surface area (Å²) in [7, 11) is 1.99. The number of aryl methyl sites for hydroxylation is 1. The Morgan fingerprint density at radius 2 is 2.29 bits per heavy atom. The molecule has 0 amide bonds. The predicted molar refractivity (Wildman–Crippen MR) is 65.8 cm³/mol. The first-order chi connectivity index (χ1) is 8.25. The standard InChI is InChI=1S/C13H21N3O/c1-9-12(8-15-16(9)2)13-10(5-6-17-13)7-14-11-3-4-11/h8,10-11,13-14H,3-7H2,1-2H3. The molecule has 0 bridgehead atoms. The number of ether oxygens (including phenoxy) is 1. The zero-order valence-electron chi connectivity index (χ0n) is 10.6. The van der Waals surface area contributed by atoms with Gasteiger partial charge >= 0.3 is 0 Å². The third kappa shape index (κ3) is 2.24. The van der Waals surface area contributed by atoms with Gasteiger partial charge in [0.25, 0.3) is 0 Å². The smallest absolute Gasteiger partial charge is 0.0899 e. The van der Waals surface area contributed by atoms with E-state index in [0.29, 0.717) is 5.92 Å². The van der Waals surface area contributed by atoms with Gasteiger partial charge in [0, 0.05) is 43.4 Å². The molecule has 2 heterocycles. The predicted octanol–water partition coefficient (Wildman–Crippen LogP) is 1.56. The van der Waals surface area contributed by atoms with E-state index in [9.17, 15) is 0 Å². The van der Waals surface area contributed by atoms with Crippen LogP contribution in [0.15, 0.2) is 6.20 Å². The van der Waals surface area contributed by atoms with Gasteiger partial charge in [-0.25, -0.2) is 0 Å². The van der Waals surface area contributed by atoms with Crippen molar-refractivity contribution in [2.45, 2.75) is 38.3 Å². The molecule has 0 spiro atoms. The van der Waals surface area contributed by atoms with Gasteiger partial charge in [-0.15, -0.1) is 0 Å². The summed E-state index contributed by atoms with van der Waals surface area (Å²) in [4.78, 5) is 0. The molecule has 1 aliphatic carbocycles. The highest BCUT2D eigenvalue weighted by Crippen LogP contribution is 2.36. The maximum atomic E-state index is 5.91. The molecular formula is C13H21N3O. The Labute approximate surface area is 102 Å². The minimum atomic E-state index is 0.245. The molecule has 2 atom stereocenters. The summed E-state index contributed by atoms with van der Waals surface area (Å²) >= 11 is 0. The molecule has 0 radical (unpaired) electrons. The highest BCUT2D eigenvalue weighted by molar-refractivity contribution is 5.21. The number of hydrogen-bond donors (Lipinski definition) is 1. The van der Waals surface area contributed by atoms with Gasteiger partial charge in [-0.1, -0.05) is 0 Å². The summed E-state index contributed by atoms with van der Waals surface area (Å²) in [5.74, 6) is 0.610. The van der Waals surface area contributed by atoms with Crippen LogP contribution in [0, 0.1) is 12.8 Å². The van der Waals surface area contributed by atoms with E-state index >= 15 is 0 Å². The highest BCUT2D eigenvalue weighted by atomic mass is 16.5. The van der Waals surface area contributed by atoms with E-state index in [1.165, 1.54) is 30.5 Å². The van der Waals surface area contributed by atoms with Crippen molar-refractivity contribution in [1.82, 2.24) is 15.1 Å². The van der Waals surface area contributed by atoms with Gasteiger partial charge in [0.1, 0.15) is 0 Å². The fourth-order valence-electron chi connectivity index (χ4n) is 2.59. The van der Waals surface area contributed by atoms with Crippen molar-refractivity contribution in [3.8, 4) is 0 Å². The van der Waals surface area contributed by atoms with Gasteiger partial charge in [0.15, 0.2) is 0 Å². The average Bonchev–Trinajstić information content (AvgIpc) is 2.95. The molecule has 17 heavy (non-hydrogen) atoms. The van der Waals surface area contributed by atoms with Gasteiger partial charge in [-0.2, -0.15) is 5.10 Å². The van der Waals surface area contributed by atoms with E-state index in [-0.39, 0.29) is 6.10 Å². The largest absolute Gasteiger partial charge is 0.373 e. The lowest BCUT2D eigenvalue weighted by molar-refractivity contribution is 0.0898. The first kappa shape index (κ1) is 11.2. The first-order valence-electron chi connectivity index (χ1n) is 6.59. The van der Waals surface area contributed by atoms with E-state index in [2.05, 4.69) is 17.3 Å². The lowest BCUT2D eigenvalue weighted by Gasteiger charge is -2.18. The van der Waals surface area contributed by atoms with Crippen LogP contribution in [-0.2, 0) is 11.8 Å². The van der Waals surface area contributed by atoms with Crippen LogP contribution in [0.25, 0.3) is 0 Å². The Kier molecular flexibility index (Phi) is 2.92. The van der Waals surface area contributed by atoms with Gasteiger partial charge in [-0.05, 0) is 26.2 Å². The number of aromatic nitrogens is 2. The van der Waals surface area contributed by atoms with Gasteiger partial charge < -0.3 is 10.1 Å². The molecule has 94 valence electrons. The molecule has 1 saturated carbocycles. The molecule has 1 aliphatic heterocycles. The van der Waals surface area contributed by atoms with E-state index < -0.39 is 0 Å². The Morgan fingerprint density at radius 1 is 1.47 bits per heavy atom. The number of nitrogens with one attached hydrogen (secondary N) is 1.